The van der Waals surface area contributed by atoms with Gasteiger partial charge in [-0.25, -0.2) is 0 Å². The fourth-order valence-corrected chi connectivity index (χ4v) is 10.9. The lowest BCUT2D eigenvalue weighted by atomic mass is 9.81. The van der Waals surface area contributed by atoms with Crippen molar-refractivity contribution in [2.24, 2.45) is 0 Å². The number of hydrogen-bond donors (Lipinski definition) is 0. The van der Waals surface area contributed by atoms with Crippen LogP contribution in [0.3, 0.4) is 0 Å². The van der Waals surface area contributed by atoms with E-state index < -0.39 is 0 Å². The van der Waals surface area contributed by atoms with Crippen molar-refractivity contribution in [3.8, 4) is 11.1 Å². The molecule has 0 saturated heterocycles. The summed E-state index contributed by atoms with van der Waals surface area (Å²) in [6, 6.07) is 85.6. The maximum atomic E-state index is 2.54. The summed E-state index contributed by atoms with van der Waals surface area (Å²) < 4.78 is 0. The Morgan fingerprint density at radius 2 is 0.662 bits per heavy atom. The first-order valence-corrected chi connectivity index (χ1v) is 22.7. The third-order valence-electron chi connectivity index (χ3n) is 14.0. The molecule has 1 aliphatic carbocycles. The molecule has 65 heavy (non-hydrogen) atoms. The van der Waals surface area contributed by atoms with Gasteiger partial charge in [0, 0.05) is 49.7 Å². The molecule has 12 aromatic rings. The lowest BCUT2D eigenvalue weighted by Gasteiger charge is -2.33. The van der Waals surface area contributed by atoms with Crippen LogP contribution in [0.5, 0.6) is 0 Å². The lowest BCUT2D eigenvalue weighted by Crippen LogP contribution is -2.17. The van der Waals surface area contributed by atoms with Crippen molar-refractivity contribution < 1.29 is 0 Å². The van der Waals surface area contributed by atoms with Gasteiger partial charge in [0.15, 0.2) is 0 Å². The molecule has 306 valence electrons. The quantitative estimate of drug-likeness (QED) is 0.122. The minimum atomic E-state index is -0.203. The second kappa shape index (κ2) is 14.4. The van der Waals surface area contributed by atoms with Crippen LogP contribution in [-0.2, 0) is 5.41 Å². The summed E-state index contributed by atoms with van der Waals surface area (Å²) >= 11 is 0. The number of anilines is 6. The molecule has 0 atom stereocenters. The summed E-state index contributed by atoms with van der Waals surface area (Å²) in [5.74, 6) is 0. The first-order valence-electron chi connectivity index (χ1n) is 22.7. The zero-order valence-electron chi connectivity index (χ0n) is 36.3. The zero-order valence-corrected chi connectivity index (χ0v) is 36.3. The van der Waals surface area contributed by atoms with Gasteiger partial charge in [0.05, 0.1) is 11.4 Å². The monoisotopic (exact) mass is 828 g/mol. The summed E-state index contributed by atoms with van der Waals surface area (Å²) in [5.41, 5.74) is 11.9. The van der Waals surface area contributed by atoms with Gasteiger partial charge in [0.25, 0.3) is 0 Å². The Kier molecular flexibility index (Phi) is 8.29. The molecule has 0 radical (unpaired) electrons. The highest BCUT2D eigenvalue weighted by Crippen LogP contribution is 2.56. The van der Waals surface area contributed by atoms with Gasteiger partial charge in [-0.05, 0) is 150 Å². The van der Waals surface area contributed by atoms with Crippen molar-refractivity contribution in [3.05, 3.63) is 242 Å². The molecule has 0 heterocycles. The van der Waals surface area contributed by atoms with E-state index in [1.165, 1.54) is 92.6 Å². The van der Waals surface area contributed by atoms with Gasteiger partial charge in [-0.3, -0.25) is 0 Å². The topological polar surface area (TPSA) is 6.48 Å². The predicted molar refractivity (Wildman–Crippen MR) is 278 cm³/mol. The number of para-hydroxylation sites is 2. The van der Waals surface area contributed by atoms with Crippen LogP contribution in [0.4, 0.5) is 34.1 Å². The highest BCUT2D eigenvalue weighted by Gasteiger charge is 2.37. The van der Waals surface area contributed by atoms with Crippen molar-refractivity contribution >= 4 is 98.8 Å². The Labute approximate surface area is 378 Å². The van der Waals surface area contributed by atoms with E-state index in [1.54, 1.807) is 0 Å². The highest BCUT2D eigenvalue weighted by atomic mass is 15.2. The van der Waals surface area contributed by atoms with Gasteiger partial charge in [0.1, 0.15) is 0 Å². The number of hydrogen-bond acceptors (Lipinski definition) is 2. The van der Waals surface area contributed by atoms with E-state index in [-0.39, 0.29) is 5.41 Å². The molecule has 0 bridgehead atoms. The third kappa shape index (κ3) is 5.88. The van der Waals surface area contributed by atoms with E-state index in [1.807, 2.05) is 0 Å². The summed E-state index contributed by atoms with van der Waals surface area (Å²) in [6.45, 7) is 4.78. The van der Waals surface area contributed by atoms with Crippen LogP contribution in [0.25, 0.3) is 75.8 Å². The maximum Gasteiger partial charge on any atom is 0.0620 e. The van der Waals surface area contributed by atoms with Crippen LogP contribution in [0, 0.1) is 0 Å². The van der Waals surface area contributed by atoms with E-state index in [0.29, 0.717) is 0 Å². The van der Waals surface area contributed by atoms with E-state index in [0.717, 1.165) is 28.4 Å². The normalized spacial score (nSPS) is 12.9. The summed E-state index contributed by atoms with van der Waals surface area (Å²) in [5, 5.41) is 14.6. The molecule has 2 heteroatoms. The van der Waals surface area contributed by atoms with Crippen LogP contribution in [0.1, 0.15) is 25.0 Å². The van der Waals surface area contributed by atoms with E-state index in [2.05, 4.69) is 254 Å². The molecule has 0 aliphatic heterocycles. The number of benzene rings is 12. The molecule has 0 unspecified atom stereocenters. The first kappa shape index (κ1) is 37.4. The summed E-state index contributed by atoms with van der Waals surface area (Å²) in [7, 11) is 0. The fourth-order valence-electron chi connectivity index (χ4n) is 10.9. The molecular formula is C63H44N2. The largest absolute Gasteiger partial charge is 0.309 e. The zero-order chi connectivity index (χ0) is 43.2. The van der Waals surface area contributed by atoms with Crippen LogP contribution in [0.15, 0.2) is 231 Å². The minimum absolute atomic E-state index is 0.203. The Morgan fingerprint density at radius 1 is 0.262 bits per heavy atom. The van der Waals surface area contributed by atoms with Crippen molar-refractivity contribution in [3.63, 3.8) is 0 Å². The molecule has 0 saturated carbocycles. The van der Waals surface area contributed by atoms with Gasteiger partial charge in [-0.1, -0.05) is 159 Å². The Morgan fingerprint density at radius 3 is 1.17 bits per heavy atom. The number of fused-ring (bicyclic) bond motifs is 9. The molecule has 0 fully saturated rings. The van der Waals surface area contributed by atoms with Crippen LogP contribution < -0.4 is 9.80 Å². The molecular weight excluding hydrogens is 785 g/mol. The molecule has 0 N–H and O–H groups in total. The number of nitrogens with zero attached hydrogens (tertiary/aromatic N) is 2. The van der Waals surface area contributed by atoms with Gasteiger partial charge < -0.3 is 9.80 Å². The average Bonchev–Trinajstić information content (AvgIpc) is 3.58. The first-order chi connectivity index (χ1) is 32.0. The van der Waals surface area contributed by atoms with E-state index in [9.17, 15) is 0 Å². The van der Waals surface area contributed by atoms with Crippen molar-refractivity contribution in [1.82, 2.24) is 0 Å². The molecule has 0 aromatic heterocycles. The van der Waals surface area contributed by atoms with Gasteiger partial charge in [0.2, 0.25) is 0 Å². The molecule has 1 aliphatic rings. The van der Waals surface area contributed by atoms with Crippen LogP contribution in [-0.4, -0.2) is 0 Å². The van der Waals surface area contributed by atoms with Crippen molar-refractivity contribution in [2.45, 2.75) is 19.3 Å². The average molecular weight is 829 g/mol. The van der Waals surface area contributed by atoms with Gasteiger partial charge in [-0.2, -0.15) is 0 Å². The second-order valence-corrected chi connectivity index (χ2v) is 18.2. The van der Waals surface area contributed by atoms with E-state index in [4.69, 9.17) is 0 Å². The SMILES string of the molecule is CC1(C)c2ccccc2-c2cc3c(N(c4ccccc4)c4ccc5cc6ccccc6cc5c4)c4ccccc4c(N(c4ccccc4)c4ccc5cc6ccccc6cc5c4)c3cc21. The molecule has 0 spiro atoms. The van der Waals surface area contributed by atoms with Gasteiger partial charge in [-0.15, -0.1) is 0 Å². The van der Waals surface area contributed by atoms with Gasteiger partial charge >= 0.3 is 0 Å². The minimum Gasteiger partial charge on any atom is -0.309 e. The molecule has 0 amide bonds. The smallest absolute Gasteiger partial charge is 0.0620 e. The maximum absolute atomic E-state index is 2.54. The molecule has 12 aromatic carbocycles. The molecule has 2 nitrogen and oxygen atoms in total. The third-order valence-corrected chi connectivity index (χ3v) is 14.0. The lowest BCUT2D eigenvalue weighted by molar-refractivity contribution is 0.661. The van der Waals surface area contributed by atoms with Crippen LogP contribution >= 0.6 is 0 Å². The molecule has 13 rings (SSSR count). The summed E-state index contributed by atoms with van der Waals surface area (Å²) in [4.78, 5) is 5.02. The second-order valence-electron chi connectivity index (χ2n) is 18.2. The van der Waals surface area contributed by atoms with Crippen molar-refractivity contribution in [1.29, 1.82) is 0 Å². The van der Waals surface area contributed by atoms with Crippen molar-refractivity contribution in [2.75, 3.05) is 9.80 Å². The Hall–Kier alpha value is -8.20. The number of rotatable bonds is 6. The van der Waals surface area contributed by atoms with E-state index >= 15 is 0 Å². The Balaban J connectivity index is 1.16. The summed E-state index contributed by atoms with van der Waals surface area (Å²) in [6.07, 6.45) is 0. The fraction of sp³-hybridized carbons (Fsp3) is 0.0476. The highest BCUT2D eigenvalue weighted by molar-refractivity contribution is 6.24. The standard InChI is InChI=1S/C63H44N2/c1-63(2)59-28-16-15-25-53(59)56-39-57-58(40-60(56)63)62(65(50-23-7-4-8-24-50)52-32-30-46-34-42-18-10-12-20-44(42)36-48(46)38-52)55-27-14-13-26-54(55)61(57)64(49-21-5-3-6-22-49)51-31-29-45-33-41-17-9-11-19-43(41)35-47(45)37-51/h3-40H,1-2H3. The Bertz CT molecular complexity index is 3870. The van der Waals surface area contributed by atoms with Crippen LogP contribution in [0.2, 0.25) is 0 Å². The predicted octanol–water partition coefficient (Wildman–Crippen LogP) is 17.9.